The number of hydrogen-bond acceptors (Lipinski definition) is 4. The van der Waals surface area contributed by atoms with Crippen molar-refractivity contribution < 1.29 is 9.59 Å². The van der Waals surface area contributed by atoms with Gasteiger partial charge in [0.2, 0.25) is 11.8 Å². The number of carbonyl (C=O) groups is 2. The molecule has 112 valence electrons. The summed E-state index contributed by atoms with van der Waals surface area (Å²) in [6, 6.07) is 8.88. The predicted molar refractivity (Wildman–Crippen MR) is 80.6 cm³/mol. The topological polar surface area (TPSA) is 76.4 Å². The first-order valence-electron chi connectivity index (χ1n) is 6.61. The van der Waals surface area contributed by atoms with Crippen LogP contribution >= 0.6 is 0 Å². The Balaban J connectivity index is 2.44. The maximum Gasteiger partial charge on any atom is 0.236 e. The molecule has 0 aliphatic heterocycles. The van der Waals surface area contributed by atoms with E-state index in [0.717, 1.165) is 0 Å². The van der Waals surface area contributed by atoms with Crippen LogP contribution in [0.1, 0.15) is 12.0 Å². The van der Waals surface area contributed by atoms with Gasteiger partial charge in [0.25, 0.3) is 0 Å². The van der Waals surface area contributed by atoms with Crippen LogP contribution in [0.2, 0.25) is 0 Å². The van der Waals surface area contributed by atoms with Crippen LogP contribution in [0.15, 0.2) is 24.3 Å². The summed E-state index contributed by atoms with van der Waals surface area (Å²) >= 11 is 0. The maximum atomic E-state index is 11.9. The van der Waals surface area contributed by atoms with Crippen LogP contribution in [0.4, 0.5) is 5.69 Å². The molecule has 0 spiro atoms. The molecule has 21 heavy (non-hydrogen) atoms. The molecule has 0 fully saturated rings. The Bertz CT molecular complexity index is 549. The average molecular weight is 288 g/mol. The van der Waals surface area contributed by atoms with Gasteiger partial charge in [0.15, 0.2) is 0 Å². The Morgan fingerprint density at radius 3 is 2.52 bits per heavy atom. The van der Waals surface area contributed by atoms with Crippen LogP contribution in [-0.4, -0.2) is 55.8 Å². The Kier molecular flexibility index (Phi) is 6.37. The molecule has 1 aromatic rings. The quantitative estimate of drug-likeness (QED) is 0.844. The number of nitrogens with zero attached hydrogens (tertiary/aromatic N) is 3. The molecule has 0 unspecified atom stereocenters. The number of nitrogens with one attached hydrogen (secondary N) is 1. The first-order valence-corrected chi connectivity index (χ1v) is 6.61. The van der Waals surface area contributed by atoms with E-state index in [1.807, 2.05) is 6.07 Å². The van der Waals surface area contributed by atoms with Gasteiger partial charge in [0.1, 0.15) is 6.07 Å². The summed E-state index contributed by atoms with van der Waals surface area (Å²) in [6.45, 7) is 0.745. The summed E-state index contributed by atoms with van der Waals surface area (Å²) in [5.74, 6) is -0.186. The fourth-order valence-electron chi connectivity index (χ4n) is 1.65. The molecule has 6 nitrogen and oxygen atoms in total. The van der Waals surface area contributed by atoms with Crippen molar-refractivity contribution in [3.05, 3.63) is 29.8 Å². The van der Waals surface area contributed by atoms with Gasteiger partial charge in [0.05, 0.1) is 17.8 Å². The molecule has 0 atom stereocenters. The lowest BCUT2D eigenvalue weighted by atomic mass is 10.2. The Morgan fingerprint density at radius 1 is 1.24 bits per heavy atom. The molecule has 1 aromatic carbocycles. The van der Waals surface area contributed by atoms with E-state index in [9.17, 15) is 9.59 Å². The Hall–Kier alpha value is -2.39. The fraction of sp³-hybridized carbons (Fsp3) is 0.400. The highest BCUT2D eigenvalue weighted by Gasteiger charge is 2.11. The number of para-hydroxylation sites is 1. The van der Waals surface area contributed by atoms with Crippen LogP contribution < -0.4 is 5.32 Å². The molecule has 1 N–H and O–H groups in total. The van der Waals surface area contributed by atoms with Gasteiger partial charge in [-0.1, -0.05) is 12.1 Å². The molecular formula is C15H20N4O2. The minimum absolute atomic E-state index is 0.00673. The van der Waals surface area contributed by atoms with Crippen LogP contribution in [0, 0.1) is 11.3 Å². The molecule has 2 amide bonds. The van der Waals surface area contributed by atoms with E-state index < -0.39 is 0 Å². The normalized spacial score (nSPS) is 10.0. The van der Waals surface area contributed by atoms with Crippen molar-refractivity contribution in [2.45, 2.75) is 6.42 Å². The van der Waals surface area contributed by atoms with Crippen molar-refractivity contribution >= 4 is 17.5 Å². The number of anilines is 1. The van der Waals surface area contributed by atoms with E-state index in [0.29, 0.717) is 17.8 Å². The largest absolute Gasteiger partial charge is 0.348 e. The zero-order valence-electron chi connectivity index (χ0n) is 12.6. The second-order valence-corrected chi connectivity index (χ2v) is 4.98. The Labute approximate surface area is 125 Å². The fourth-order valence-corrected chi connectivity index (χ4v) is 1.65. The van der Waals surface area contributed by atoms with E-state index in [-0.39, 0.29) is 24.8 Å². The zero-order valence-corrected chi connectivity index (χ0v) is 12.6. The predicted octanol–water partition coefficient (Wildman–Crippen LogP) is 0.907. The average Bonchev–Trinajstić information content (AvgIpc) is 2.45. The minimum Gasteiger partial charge on any atom is -0.348 e. The third kappa shape index (κ3) is 5.63. The summed E-state index contributed by atoms with van der Waals surface area (Å²) in [5, 5.41) is 11.7. The van der Waals surface area contributed by atoms with Crippen molar-refractivity contribution in [2.75, 3.05) is 39.5 Å². The lowest BCUT2D eigenvalue weighted by molar-refractivity contribution is -0.130. The van der Waals surface area contributed by atoms with Crippen LogP contribution in [-0.2, 0) is 9.59 Å². The lowest BCUT2D eigenvalue weighted by Crippen LogP contribution is -2.35. The van der Waals surface area contributed by atoms with Gasteiger partial charge < -0.3 is 10.2 Å². The smallest absolute Gasteiger partial charge is 0.236 e. The second-order valence-electron chi connectivity index (χ2n) is 4.98. The van der Waals surface area contributed by atoms with Gasteiger partial charge in [-0.05, 0) is 19.2 Å². The second kappa shape index (κ2) is 8.02. The van der Waals surface area contributed by atoms with Crippen molar-refractivity contribution in [1.82, 2.24) is 9.80 Å². The van der Waals surface area contributed by atoms with Crippen molar-refractivity contribution in [1.29, 1.82) is 5.26 Å². The molecule has 0 saturated carbocycles. The Morgan fingerprint density at radius 2 is 1.90 bits per heavy atom. The maximum absolute atomic E-state index is 11.9. The lowest BCUT2D eigenvalue weighted by Gasteiger charge is -2.18. The highest BCUT2D eigenvalue weighted by Crippen LogP contribution is 2.13. The van der Waals surface area contributed by atoms with Crippen LogP contribution in [0.25, 0.3) is 0 Å². The van der Waals surface area contributed by atoms with E-state index in [1.165, 1.54) is 4.90 Å². The van der Waals surface area contributed by atoms with Gasteiger partial charge in [-0.3, -0.25) is 14.5 Å². The molecule has 0 aromatic heterocycles. The molecule has 0 bridgehead atoms. The summed E-state index contributed by atoms with van der Waals surface area (Å²) < 4.78 is 0. The highest BCUT2D eigenvalue weighted by atomic mass is 16.2. The molecule has 0 aliphatic rings. The van der Waals surface area contributed by atoms with E-state index in [4.69, 9.17) is 5.26 Å². The van der Waals surface area contributed by atoms with Crippen LogP contribution in [0.5, 0.6) is 0 Å². The molecule has 1 rings (SSSR count). The van der Waals surface area contributed by atoms with Gasteiger partial charge in [-0.25, -0.2) is 0 Å². The van der Waals surface area contributed by atoms with Crippen molar-refractivity contribution in [3.8, 4) is 6.07 Å². The monoisotopic (exact) mass is 288 g/mol. The zero-order chi connectivity index (χ0) is 15.8. The summed E-state index contributed by atoms with van der Waals surface area (Å²) in [7, 11) is 5.18. The van der Waals surface area contributed by atoms with E-state index in [2.05, 4.69) is 5.32 Å². The molecule has 0 heterocycles. The van der Waals surface area contributed by atoms with Crippen molar-refractivity contribution in [2.24, 2.45) is 0 Å². The summed E-state index contributed by atoms with van der Waals surface area (Å²) in [5.41, 5.74) is 0.944. The van der Waals surface area contributed by atoms with Crippen LogP contribution in [0.3, 0.4) is 0 Å². The van der Waals surface area contributed by atoms with Gasteiger partial charge >= 0.3 is 0 Å². The number of benzene rings is 1. The standard InChI is InChI=1S/C15H20N4O2/c1-18(2)15(21)11-19(3)9-8-14(20)17-13-7-5-4-6-12(13)10-16/h4-7H,8-9,11H2,1-3H3,(H,17,20). The van der Waals surface area contributed by atoms with Gasteiger partial charge in [-0.2, -0.15) is 5.26 Å². The molecule has 0 saturated heterocycles. The van der Waals surface area contributed by atoms with Gasteiger partial charge in [0, 0.05) is 27.1 Å². The number of hydrogen-bond donors (Lipinski definition) is 1. The molecule has 0 radical (unpaired) electrons. The number of rotatable bonds is 6. The highest BCUT2D eigenvalue weighted by molar-refractivity contribution is 5.92. The van der Waals surface area contributed by atoms with Crippen molar-refractivity contribution in [3.63, 3.8) is 0 Å². The number of amides is 2. The summed E-state index contributed by atoms with van der Waals surface area (Å²) in [4.78, 5) is 26.7. The first-order chi connectivity index (χ1) is 9.93. The summed E-state index contributed by atoms with van der Waals surface area (Å²) in [6.07, 6.45) is 0.261. The molecule has 0 aliphatic carbocycles. The van der Waals surface area contributed by atoms with E-state index in [1.54, 1.807) is 50.3 Å². The van der Waals surface area contributed by atoms with Gasteiger partial charge in [-0.15, -0.1) is 0 Å². The third-order valence-electron chi connectivity index (χ3n) is 2.95. The molecule has 6 heteroatoms. The SMILES string of the molecule is CN(CCC(=O)Nc1ccccc1C#N)CC(=O)N(C)C. The van der Waals surface area contributed by atoms with E-state index >= 15 is 0 Å². The third-order valence-corrected chi connectivity index (χ3v) is 2.95. The number of carbonyl (C=O) groups excluding carboxylic acids is 2. The number of nitriles is 1. The first kappa shape index (κ1) is 16.7. The molecular weight excluding hydrogens is 268 g/mol. The minimum atomic E-state index is -0.179. The number of likely N-dealkylation sites (N-methyl/N-ethyl adjacent to an activating group) is 2.